The normalized spacial score (nSPS) is 10.3. The average Bonchev–Trinajstić information content (AvgIpc) is 2.74. The van der Waals surface area contributed by atoms with Gasteiger partial charge >= 0.3 is 0 Å². The van der Waals surface area contributed by atoms with Crippen molar-refractivity contribution >= 4 is 17.1 Å². The zero-order chi connectivity index (χ0) is 11.4. The molecule has 0 saturated heterocycles. The summed E-state index contributed by atoms with van der Waals surface area (Å²) in [4.78, 5) is 17.0. The van der Waals surface area contributed by atoms with E-state index in [9.17, 15) is 4.79 Å². The SMILES string of the molecule is Cc1sccc1C(=O)CCc1ccncc1. The number of aromatic nitrogens is 1. The molecular weight excluding hydrogens is 218 g/mol. The minimum atomic E-state index is 0.232. The molecule has 0 aliphatic rings. The monoisotopic (exact) mass is 231 g/mol. The van der Waals surface area contributed by atoms with E-state index in [0.29, 0.717) is 6.42 Å². The second-order valence-electron chi connectivity index (χ2n) is 3.67. The summed E-state index contributed by atoms with van der Waals surface area (Å²) >= 11 is 1.62. The third-order valence-corrected chi connectivity index (χ3v) is 3.39. The van der Waals surface area contributed by atoms with E-state index in [2.05, 4.69) is 4.98 Å². The molecule has 2 aromatic heterocycles. The Morgan fingerprint density at radius 1 is 1.31 bits per heavy atom. The molecule has 0 unspecified atom stereocenters. The van der Waals surface area contributed by atoms with Gasteiger partial charge in [0.1, 0.15) is 0 Å². The molecule has 0 N–H and O–H groups in total. The number of carbonyl (C=O) groups excluding carboxylic acids is 1. The van der Waals surface area contributed by atoms with Crippen LogP contribution < -0.4 is 0 Å². The standard InChI is InChI=1S/C13H13NOS/c1-10-12(6-9-16-10)13(15)3-2-11-4-7-14-8-5-11/h4-9H,2-3H2,1H3. The van der Waals surface area contributed by atoms with Crippen LogP contribution in [0.1, 0.15) is 27.2 Å². The van der Waals surface area contributed by atoms with E-state index in [0.717, 1.165) is 22.4 Å². The lowest BCUT2D eigenvalue weighted by Gasteiger charge is -2.00. The van der Waals surface area contributed by atoms with Crippen molar-refractivity contribution in [2.75, 3.05) is 0 Å². The largest absolute Gasteiger partial charge is 0.294 e. The summed E-state index contributed by atoms with van der Waals surface area (Å²) in [6.45, 7) is 1.99. The zero-order valence-corrected chi connectivity index (χ0v) is 9.96. The van der Waals surface area contributed by atoms with Gasteiger partial charge in [-0.1, -0.05) is 0 Å². The van der Waals surface area contributed by atoms with E-state index >= 15 is 0 Å². The number of Topliss-reactive ketones (excluding diaryl/α,β-unsaturated/α-hetero) is 1. The van der Waals surface area contributed by atoms with Crippen molar-refractivity contribution < 1.29 is 4.79 Å². The Morgan fingerprint density at radius 2 is 2.06 bits per heavy atom. The first-order valence-electron chi connectivity index (χ1n) is 5.23. The number of hydrogen-bond donors (Lipinski definition) is 0. The Bertz CT molecular complexity index is 476. The van der Waals surface area contributed by atoms with Crippen LogP contribution in [0.4, 0.5) is 0 Å². The molecule has 82 valence electrons. The smallest absolute Gasteiger partial charge is 0.164 e. The fourth-order valence-electron chi connectivity index (χ4n) is 1.62. The lowest BCUT2D eigenvalue weighted by Crippen LogP contribution is -2.01. The van der Waals surface area contributed by atoms with Crippen molar-refractivity contribution in [2.45, 2.75) is 19.8 Å². The molecule has 0 atom stereocenters. The highest BCUT2D eigenvalue weighted by Gasteiger charge is 2.09. The van der Waals surface area contributed by atoms with Crippen LogP contribution in [0.15, 0.2) is 36.0 Å². The highest BCUT2D eigenvalue weighted by atomic mass is 32.1. The van der Waals surface area contributed by atoms with Crippen LogP contribution in [0.2, 0.25) is 0 Å². The minimum absolute atomic E-state index is 0.232. The van der Waals surface area contributed by atoms with E-state index in [1.807, 2.05) is 30.5 Å². The van der Waals surface area contributed by atoms with Gasteiger partial charge in [-0.2, -0.15) is 0 Å². The number of rotatable bonds is 4. The molecule has 0 fully saturated rings. The van der Waals surface area contributed by atoms with Crippen molar-refractivity contribution in [3.8, 4) is 0 Å². The molecule has 0 amide bonds. The average molecular weight is 231 g/mol. The highest BCUT2D eigenvalue weighted by molar-refractivity contribution is 7.10. The molecule has 2 aromatic rings. The molecule has 0 radical (unpaired) electrons. The van der Waals surface area contributed by atoms with Gasteiger partial charge < -0.3 is 0 Å². The van der Waals surface area contributed by atoms with Crippen LogP contribution in [0.25, 0.3) is 0 Å². The first-order valence-corrected chi connectivity index (χ1v) is 6.11. The lowest BCUT2D eigenvalue weighted by molar-refractivity contribution is 0.0983. The van der Waals surface area contributed by atoms with E-state index in [4.69, 9.17) is 0 Å². The first-order chi connectivity index (χ1) is 7.77. The fourth-order valence-corrected chi connectivity index (χ4v) is 2.33. The molecule has 2 rings (SSSR count). The summed E-state index contributed by atoms with van der Waals surface area (Å²) in [6, 6.07) is 5.82. The van der Waals surface area contributed by atoms with Gasteiger partial charge in [0.05, 0.1) is 0 Å². The zero-order valence-electron chi connectivity index (χ0n) is 9.14. The molecule has 0 bridgehead atoms. The van der Waals surface area contributed by atoms with Crippen molar-refractivity contribution in [1.82, 2.24) is 4.98 Å². The molecule has 3 heteroatoms. The van der Waals surface area contributed by atoms with E-state index < -0.39 is 0 Å². The minimum Gasteiger partial charge on any atom is -0.294 e. The molecule has 2 heterocycles. The molecule has 0 aliphatic carbocycles. The maximum absolute atomic E-state index is 11.9. The van der Waals surface area contributed by atoms with Gasteiger partial charge in [-0.05, 0) is 42.5 Å². The number of aryl methyl sites for hydroxylation is 2. The van der Waals surface area contributed by atoms with Gasteiger partial charge in [-0.25, -0.2) is 0 Å². The summed E-state index contributed by atoms with van der Waals surface area (Å²) in [6.07, 6.45) is 4.88. The van der Waals surface area contributed by atoms with Crippen LogP contribution in [0.3, 0.4) is 0 Å². The van der Waals surface area contributed by atoms with Crippen LogP contribution in [0.5, 0.6) is 0 Å². The first kappa shape index (κ1) is 11.0. The van der Waals surface area contributed by atoms with Gasteiger partial charge in [-0.3, -0.25) is 9.78 Å². The fraction of sp³-hybridized carbons (Fsp3) is 0.231. The molecular formula is C13H13NOS. The summed E-state index contributed by atoms with van der Waals surface area (Å²) in [5, 5.41) is 1.97. The molecule has 0 spiro atoms. The highest BCUT2D eigenvalue weighted by Crippen LogP contribution is 2.17. The summed E-state index contributed by atoms with van der Waals surface area (Å²) < 4.78 is 0. The number of pyridine rings is 1. The predicted octanol–water partition coefficient (Wildman–Crippen LogP) is 3.27. The Hall–Kier alpha value is -1.48. The summed E-state index contributed by atoms with van der Waals surface area (Å²) in [5.41, 5.74) is 2.04. The predicted molar refractivity (Wildman–Crippen MR) is 65.9 cm³/mol. The topological polar surface area (TPSA) is 30.0 Å². The van der Waals surface area contributed by atoms with E-state index in [1.54, 1.807) is 23.7 Å². The number of ketones is 1. The Balaban J connectivity index is 1.97. The van der Waals surface area contributed by atoms with Crippen molar-refractivity contribution in [2.24, 2.45) is 0 Å². The Kier molecular flexibility index (Phi) is 3.47. The molecule has 0 aromatic carbocycles. The van der Waals surface area contributed by atoms with Crippen LogP contribution in [0, 0.1) is 6.92 Å². The molecule has 16 heavy (non-hydrogen) atoms. The molecule has 2 nitrogen and oxygen atoms in total. The quantitative estimate of drug-likeness (QED) is 0.756. The second kappa shape index (κ2) is 5.03. The van der Waals surface area contributed by atoms with Gasteiger partial charge in [0.2, 0.25) is 0 Å². The maximum Gasteiger partial charge on any atom is 0.164 e. The van der Waals surface area contributed by atoms with Crippen LogP contribution in [-0.4, -0.2) is 10.8 Å². The van der Waals surface area contributed by atoms with E-state index in [1.165, 1.54) is 0 Å². The summed E-state index contributed by atoms with van der Waals surface area (Å²) in [5.74, 6) is 0.232. The number of carbonyl (C=O) groups is 1. The maximum atomic E-state index is 11.9. The number of hydrogen-bond acceptors (Lipinski definition) is 3. The number of thiophene rings is 1. The lowest BCUT2D eigenvalue weighted by atomic mass is 10.0. The van der Waals surface area contributed by atoms with Gasteiger partial charge in [0, 0.05) is 29.3 Å². The Labute approximate surface area is 99.0 Å². The molecule has 0 aliphatic heterocycles. The summed E-state index contributed by atoms with van der Waals surface area (Å²) in [7, 11) is 0. The second-order valence-corrected chi connectivity index (χ2v) is 4.79. The van der Waals surface area contributed by atoms with E-state index in [-0.39, 0.29) is 5.78 Å². The van der Waals surface area contributed by atoms with Gasteiger partial charge in [0.15, 0.2) is 5.78 Å². The van der Waals surface area contributed by atoms with Crippen molar-refractivity contribution in [3.05, 3.63) is 52.0 Å². The van der Waals surface area contributed by atoms with Gasteiger partial charge in [0.25, 0.3) is 0 Å². The third kappa shape index (κ3) is 2.55. The van der Waals surface area contributed by atoms with Crippen LogP contribution in [-0.2, 0) is 6.42 Å². The third-order valence-electron chi connectivity index (χ3n) is 2.55. The van der Waals surface area contributed by atoms with Crippen molar-refractivity contribution in [3.63, 3.8) is 0 Å². The number of nitrogens with zero attached hydrogens (tertiary/aromatic N) is 1. The molecule has 0 saturated carbocycles. The Morgan fingerprint density at radius 3 is 2.69 bits per heavy atom. The van der Waals surface area contributed by atoms with Crippen molar-refractivity contribution in [1.29, 1.82) is 0 Å². The van der Waals surface area contributed by atoms with Crippen LogP contribution >= 0.6 is 11.3 Å². The van der Waals surface area contributed by atoms with Gasteiger partial charge in [-0.15, -0.1) is 11.3 Å².